The van der Waals surface area contributed by atoms with E-state index in [1.807, 2.05) is 0 Å². The molecule has 0 saturated carbocycles. The van der Waals surface area contributed by atoms with Crippen molar-refractivity contribution in [3.05, 3.63) is 41.0 Å². The molecule has 1 aromatic rings. The Morgan fingerprint density at radius 2 is 2.14 bits per heavy atom. The maximum Gasteiger partial charge on any atom is 0.166 e. The molecule has 0 radical (unpaired) electrons. The van der Waals surface area contributed by atoms with E-state index in [2.05, 4.69) is 5.32 Å². The van der Waals surface area contributed by atoms with E-state index >= 15 is 0 Å². The molecule has 1 saturated heterocycles. The zero-order valence-corrected chi connectivity index (χ0v) is 7.69. The van der Waals surface area contributed by atoms with Gasteiger partial charge in [-0.3, -0.25) is 0 Å². The summed E-state index contributed by atoms with van der Waals surface area (Å²) in [6, 6.07) is 4.24. The Morgan fingerprint density at radius 3 is 2.86 bits per heavy atom. The van der Waals surface area contributed by atoms with Crippen LogP contribution in [-0.2, 0) is 0 Å². The molecule has 0 aliphatic carbocycles. The molecule has 1 fully saturated rings. The summed E-state index contributed by atoms with van der Waals surface area (Å²) < 4.78 is 26.0. The largest absolute Gasteiger partial charge is 0.313 e. The van der Waals surface area contributed by atoms with Crippen LogP contribution in [-0.4, -0.2) is 13.1 Å². The maximum absolute atomic E-state index is 13.2. The minimum Gasteiger partial charge on any atom is -0.313 e. The van der Waals surface area contributed by atoms with E-state index in [4.69, 9.17) is 0 Å². The number of hydrogen-bond donors (Lipinski definition) is 1. The third kappa shape index (κ3) is 1.82. The summed E-state index contributed by atoms with van der Waals surface area (Å²) in [6.45, 7) is 1.69. The van der Waals surface area contributed by atoms with Gasteiger partial charge in [0.25, 0.3) is 0 Å². The van der Waals surface area contributed by atoms with Gasteiger partial charge in [-0.05, 0) is 19.0 Å². The van der Waals surface area contributed by atoms with Gasteiger partial charge in [-0.25, -0.2) is 8.78 Å². The lowest BCUT2D eigenvalue weighted by atomic mass is 10.1. The summed E-state index contributed by atoms with van der Waals surface area (Å²) in [6.07, 6.45) is 2.63. The van der Waals surface area contributed by atoms with Crippen molar-refractivity contribution in [1.82, 2.24) is 5.32 Å². The fourth-order valence-corrected chi connectivity index (χ4v) is 1.56. The number of hydrogen-bond acceptors (Lipinski definition) is 1. The van der Waals surface area contributed by atoms with Crippen molar-refractivity contribution in [3.8, 4) is 0 Å². The zero-order chi connectivity index (χ0) is 9.97. The van der Waals surface area contributed by atoms with Crippen LogP contribution in [0.3, 0.4) is 0 Å². The van der Waals surface area contributed by atoms with Gasteiger partial charge in [-0.15, -0.1) is 0 Å². The second-order valence-corrected chi connectivity index (χ2v) is 3.37. The molecule has 0 aromatic heterocycles. The first-order chi connectivity index (χ1) is 6.77. The van der Waals surface area contributed by atoms with Crippen LogP contribution in [0, 0.1) is 11.6 Å². The highest BCUT2D eigenvalue weighted by atomic mass is 19.2. The van der Waals surface area contributed by atoms with Crippen molar-refractivity contribution >= 4 is 6.08 Å². The lowest BCUT2D eigenvalue weighted by Crippen LogP contribution is -2.04. The zero-order valence-electron chi connectivity index (χ0n) is 7.69. The summed E-state index contributed by atoms with van der Waals surface area (Å²) >= 11 is 0. The molecular formula is C11H11F2N. The molecule has 2 rings (SSSR count). The highest BCUT2D eigenvalue weighted by molar-refractivity contribution is 5.54. The molecule has 1 aromatic carbocycles. The average Bonchev–Trinajstić information content (AvgIpc) is 2.66. The quantitative estimate of drug-likeness (QED) is 0.725. The van der Waals surface area contributed by atoms with E-state index in [9.17, 15) is 8.78 Å². The topological polar surface area (TPSA) is 12.0 Å². The van der Waals surface area contributed by atoms with Crippen LogP contribution in [0.4, 0.5) is 8.78 Å². The van der Waals surface area contributed by atoms with Crippen LogP contribution in [0.5, 0.6) is 0 Å². The van der Waals surface area contributed by atoms with Gasteiger partial charge in [0.15, 0.2) is 11.6 Å². The van der Waals surface area contributed by atoms with Crippen molar-refractivity contribution in [2.45, 2.75) is 6.42 Å². The van der Waals surface area contributed by atoms with Gasteiger partial charge in [0.05, 0.1) is 0 Å². The first-order valence-electron chi connectivity index (χ1n) is 4.61. The molecule has 0 amide bonds. The molecule has 1 nitrogen and oxygen atoms in total. The lowest BCUT2D eigenvalue weighted by Gasteiger charge is -1.99. The molecular weight excluding hydrogens is 184 g/mol. The smallest absolute Gasteiger partial charge is 0.166 e. The predicted molar refractivity (Wildman–Crippen MR) is 51.8 cm³/mol. The van der Waals surface area contributed by atoms with Crippen LogP contribution in [0.2, 0.25) is 0 Å². The number of rotatable bonds is 1. The molecule has 1 N–H and O–H groups in total. The minimum atomic E-state index is -0.787. The fraction of sp³-hybridized carbons (Fsp3) is 0.273. The average molecular weight is 195 g/mol. The van der Waals surface area contributed by atoms with E-state index in [0.29, 0.717) is 5.56 Å². The molecule has 1 aliphatic heterocycles. The second kappa shape index (κ2) is 3.88. The van der Waals surface area contributed by atoms with E-state index in [-0.39, 0.29) is 0 Å². The highest BCUT2D eigenvalue weighted by Gasteiger charge is 2.09. The van der Waals surface area contributed by atoms with E-state index in [1.54, 1.807) is 12.1 Å². The van der Waals surface area contributed by atoms with Gasteiger partial charge in [-0.2, -0.15) is 0 Å². The Kier molecular flexibility index (Phi) is 2.59. The van der Waals surface area contributed by atoms with Crippen LogP contribution in [0.25, 0.3) is 6.08 Å². The number of halogens is 2. The normalized spacial score (nSPS) is 19.1. The van der Waals surface area contributed by atoms with Crippen molar-refractivity contribution in [3.63, 3.8) is 0 Å². The molecule has 1 aliphatic rings. The maximum atomic E-state index is 13.2. The molecule has 0 spiro atoms. The van der Waals surface area contributed by atoms with Crippen molar-refractivity contribution in [2.75, 3.05) is 13.1 Å². The van der Waals surface area contributed by atoms with Gasteiger partial charge in [0.1, 0.15) is 0 Å². The first kappa shape index (κ1) is 9.34. The Hall–Kier alpha value is -1.22. The molecule has 14 heavy (non-hydrogen) atoms. The summed E-state index contributed by atoms with van der Waals surface area (Å²) in [5.41, 5.74) is 1.46. The standard InChI is InChI=1S/C11H11F2N/c12-10-3-1-2-9(11(10)13)6-8-4-5-14-7-8/h1-3,6,14H,4-5,7H2. The Morgan fingerprint density at radius 1 is 1.29 bits per heavy atom. The number of nitrogens with one attached hydrogen (secondary N) is 1. The summed E-state index contributed by atoms with van der Waals surface area (Å²) in [5, 5.41) is 3.14. The fourth-order valence-electron chi connectivity index (χ4n) is 1.56. The van der Waals surface area contributed by atoms with Crippen LogP contribution in [0.15, 0.2) is 23.8 Å². The molecule has 1 heterocycles. The van der Waals surface area contributed by atoms with Crippen LogP contribution in [0.1, 0.15) is 12.0 Å². The molecule has 0 atom stereocenters. The van der Waals surface area contributed by atoms with Crippen molar-refractivity contribution in [2.24, 2.45) is 0 Å². The predicted octanol–water partition coefficient (Wildman–Crippen LogP) is 2.34. The third-order valence-corrected chi connectivity index (χ3v) is 2.32. The van der Waals surface area contributed by atoms with E-state index in [0.717, 1.165) is 31.1 Å². The molecule has 3 heteroatoms. The Balaban J connectivity index is 2.32. The highest BCUT2D eigenvalue weighted by Crippen LogP contribution is 2.17. The SMILES string of the molecule is Fc1cccc(C=C2CCNC2)c1F. The van der Waals surface area contributed by atoms with E-state index in [1.165, 1.54) is 6.07 Å². The Bertz CT molecular complexity index is 364. The van der Waals surface area contributed by atoms with Gasteiger partial charge in [0.2, 0.25) is 0 Å². The monoisotopic (exact) mass is 195 g/mol. The van der Waals surface area contributed by atoms with Gasteiger partial charge < -0.3 is 5.32 Å². The molecule has 0 unspecified atom stereocenters. The summed E-state index contributed by atoms with van der Waals surface area (Å²) in [4.78, 5) is 0. The molecule has 0 bridgehead atoms. The van der Waals surface area contributed by atoms with E-state index < -0.39 is 11.6 Å². The van der Waals surface area contributed by atoms with Crippen molar-refractivity contribution in [1.29, 1.82) is 0 Å². The van der Waals surface area contributed by atoms with Gasteiger partial charge >= 0.3 is 0 Å². The molecule has 74 valence electrons. The third-order valence-electron chi connectivity index (χ3n) is 2.32. The Labute approximate surface area is 81.4 Å². The van der Waals surface area contributed by atoms with Crippen LogP contribution >= 0.6 is 0 Å². The van der Waals surface area contributed by atoms with Crippen LogP contribution < -0.4 is 5.32 Å². The minimum absolute atomic E-state index is 0.337. The van der Waals surface area contributed by atoms with Gasteiger partial charge in [0, 0.05) is 12.1 Å². The van der Waals surface area contributed by atoms with Gasteiger partial charge in [-0.1, -0.05) is 23.8 Å². The first-order valence-corrected chi connectivity index (χ1v) is 4.61. The van der Waals surface area contributed by atoms with Crippen molar-refractivity contribution < 1.29 is 8.78 Å². The number of benzene rings is 1. The summed E-state index contributed by atoms with van der Waals surface area (Å²) in [5.74, 6) is -1.54. The second-order valence-electron chi connectivity index (χ2n) is 3.37. The lowest BCUT2D eigenvalue weighted by molar-refractivity contribution is 0.507. The summed E-state index contributed by atoms with van der Waals surface area (Å²) in [7, 11) is 0.